The number of aromatic nitrogens is 2. The lowest BCUT2D eigenvalue weighted by atomic mass is 10.0. The summed E-state index contributed by atoms with van der Waals surface area (Å²) in [7, 11) is 1.49. The van der Waals surface area contributed by atoms with Crippen molar-refractivity contribution in [3.05, 3.63) is 41.2 Å². The number of halogens is 1. The number of aldehydes is 1. The van der Waals surface area contributed by atoms with Gasteiger partial charge in [0, 0.05) is 28.5 Å². The van der Waals surface area contributed by atoms with E-state index in [2.05, 4.69) is 9.97 Å². The van der Waals surface area contributed by atoms with Crippen molar-refractivity contribution in [1.82, 2.24) is 9.97 Å². The van der Waals surface area contributed by atoms with Crippen LogP contribution in [0, 0.1) is 0 Å². The summed E-state index contributed by atoms with van der Waals surface area (Å²) in [6.07, 6.45) is 3.95. The SMILES string of the molecule is COc1ncc(-c2cc(Cl)ccc2C=O)cn1. The molecule has 0 aliphatic carbocycles. The lowest BCUT2D eigenvalue weighted by Gasteiger charge is -2.05. The summed E-state index contributed by atoms with van der Waals surface area (Å²) >= 11 is 5.90. The molecule has 0 saturated carbocycles. The van der Waals surface area contributed by atoms with Crippen molar-refractivity contribution in [1.29, 1.82) is 0 Å². The third-order valence-corrected chi connectivity index (χ3v) is 2.50. The number of hydrogen-bond donors (Lipinski definition) is 0. The average Bonchev–Trinajstić information content (AvgIpc) is 2.39. The Kier molecular flexibility index (Phi) is 3.35. The van der Waals surface area contributed by atoms with Crippen LogP contribution in [0.5, 0.6) is 6.01 Å². The number of carbonyl (C=O) groups is 1. The quantitative estimate of drug-likeness (QED) is 0.784. The van der Waals surface area contributed by atoms with Crippen LogP contribution in [-0.2, 0) is 0 Å². The van der Waals surface area contributed by atoms with E-state index in [0.29, 0.717) is 16.1 Å². The van der Waals surface area contributed by atoms with Crippen molar-refractivity contribution in [3.63, 3.8) is 0 Å². The predicted molar refractivity (Wildman–Crippen MR) is 64.4 cm³/mol. The summed E-state index contributed by atoms with van der Waals surface area (Å²) in [5.74, 6) is 0. The van der Waals surface area contributed by atoms with Gasteiger partial charge in [0.25, 0.3) is 0 Å². The van der Waals surface area contributed by atoms with E-state index < -0.39 is 0 Å². The highest BCUT2D eigenvalue weighted by atomic mass is 35.5. The third-order valence-electron chi connectivity index (χ3n) is 2.26. The van der Waals surface area contributed by atoms with E-state index in [9.17, 15) is 4.79 Å². The van der Waals surface area contributed by atoms with Gasteiger partial charge in [-0.15, -0.1) is 0 Å². The van der Waals surface area contributed by atoms with Crippen LogP contribution in [0.3, 0.4) is 0 Å². The van der Waals surface area contributed by atoms with Gasteiger partial charge < -0.3 is 4.74 Å². The van der Waals surface area contributed by atoms with Crippen LogP contribution < -0.4 is 4.74 Å². The van der Waals surface area contributed by atoms with Crippen LogP contribution in [-0.4, -0.2) is 23.4 Å². The molecule has 0 aliphatic rings. The third kappa shape index (κ3) is 2.42. The topological polar surface area (TPSA) is 52.1 Å². The number of carbonyl (C=O) groups excluding carboxylic acids is 1. The molecule has 0 radical (unpaired) electrons. The first-order valence-electron chi connectivity index (χ1n) is 4.85. The van der Waals surface area contributed by atoms with Gasteiger partial charge in [-0.1, -0.05) is 11.6 Å². The van der Waals surface area contributed by atoms with Crippen LogP contribution in [0.1, 0.15) is 10.4 Å². The zero-order valence-electron chi connectivity index (χ0n) is 9.05. The van der Waals surface area contributed by atoms with Gasteiger partial charge in [-0.05, 0) is 23.8 Å². The Morgan fingerprint density at radius 1 is 1.29 bits per heavy atom. The van der Waals surface area contributed by atoms with Crippen molar-refractivity contribution in [2.24, 2.45) is 0 Å². The van der Waals surface area contributed by atoms with E-state index in [1.807, 2.05) is 0 Å². The maximum atomic E-state index is 10.9. The number of benzene rings is 1. The molecule has 2 aromatic rings. The van der Waals surface area contributed by atoms with Gasteiger partial charge in [-0.3, -0.25) is 4.79 Å². The van der Waals surface area contributed by atoms with E-state index in [0.717, 1.165) is 11.8 Å². The molecule has 5 heteroatoms. The van der Waals surface area contributed by atoms with E-state index in [-0.39, 0.29) is 6.01 Å². The monoisotopic (exact) mass is 248 g/mol. The van der Waals surface area contributed by atoms with Crippen LogP contribution in [0.25, 0.3) is 11.1 Å². The molecule has 0 unspecified atom stereocenters. The van der Waals surface area contributed by atoms with Gasteiger partial charge in [0.2, 0.25) is 0 Å². The van der Waals surface area contributed by atoms with Crippen molar-refractivity contribution in [2.45, 2.75) is 0 Å². The predicted octanol–water partition coefficient (Wildman–Crippen LogP) is 2.62. The molecule has 0 amide bonds. The number of hydrogen-bond acceptors (Lipinski definition) is 4. The molecule has 1 aromatic heterocycles. The molecule has 4 nitrogen and oxygen atoms in total. The lowest BCUT2D eigenvalue weighted by Crippen LogP contribution is -1.93. The highest BCUT2D eigenvalue weighted by molar-refractivity contribution is 6.31. The molecule has 0 fully saturated rings. The molecule has 86 valence electrons. The highest BCUT2D eigenvalue weighted by Crippen LogP contribution is 2.25. The maximum absolute atomic E-state index is 10.9. The van der Waals surface area contributed by atoms with Crippen LogP contribution in [0.2, 0.25) is 5.02 Å². The second-order valence-electron chi connectivity index (χ2n) is 3.31. The fraction of sp³-hybridized carbons (Fsp3) is 0.0833. The second-order valence-corrected chi connectivity index (χ2v) is 3.74. The van der Waals surface area contributed by atoms with E-state index in [1.165, 1.54) is 7.11 Å². The maximum Gasteiger partial charge on any atom is 0.316 e. The highest BCUT2D eigenvalue weighted by Gasteiger charge is 2.07. The second kappa shape index (κ2) is 4.93. The molecule has 0 saturated heterocycles. The zero-order valence-corrected chi connectivity index (χ0v) is 9.81. The molecule has 17 heavy (non-hydrogen) atoms. The first-order valence-corrected chi connectivity index (χ1v) is 5.23. The summed E-state index contributed by atoms with van der Waals surface area (Å²) in [4.78, 5) is 18.9. The van der Waals surface area contributed by atoms with Gasteiger partial charge in [-0.25, -0.2) is 9.97 Å². The molecule has 0 bridgehead atoms. The Labute approximate surface area is 103 Å². The Balaban J connectivity index is 2.50. The number of nitrogens with zero attached hydrogens (tertiary/aromatic N) is 2. The fourth-order valence-corrected chi connectivity index (χ4v) is 1.61. The lowest BCUT2D eigenvalue weighted by molar-refractivity contribution is 0.112. The zero-order chi connectivity index (χ0) is 12.3. The summed E-state index contributed by atoms with van der Waals surface area (Å²) in [5, 5.41) is 0.557. The number of rotatable bonds is 3. The van der Waals surface area contributed by atoms with Gasteiger partial charge in [-0.2, -0.15) is 0 Å². The minimum atomic E-state index is 0.281. The van der Waals surface area contributed by atoms with Crippen LogP contribution >= 0.6 is 11.6 Å². The Morgan fingerprint density at radius 2 is 2.00 bits per heavy atom. The molecule has 0 N–H and O–H groups in total. The Bertz CT molecular complexity index is 541. The smallest absolute Gasteiger partial charge is 0.316 e. The van der Waals surface area contributed by atoms with Gasteiger partial charge in [0.1, 0.15) is 0 Å². The van der Waals surface area contributed by atoms with Gasteiger partial charge >= 0.3 is 6.01 Å². The molecule has 0 aliphatic heterocycles. The largest absolute Gasteiger partial charge is 0.467 e. The summed E-state index contributed by atoms with van der Waals surface area (Å²) in [6.45, 7) is 0. The molecular weight excluding hydrogens is 240 g/mol. The molecule has 0 spiro atoms. The van der Waals surface area contributed by atoms with Crippen LogP contribution in [0.15, 0.2) is 30.6 Å². The standard InChI is InChI=1S/C12H9ClN2O2/c1-17-12-14-5-9(6-15-12)11-4-10(13)3-2-8(11)7-16/h2-7H,1H3. The van der Waals surface area contributed by atoms with Crippen LogP contribution in [0.4, 0.5) is 0 Å². The van der Waals surface area contributed by atoms with Gasteiger partial charge in [0.05, 0.1) is 7.11 Å². The van der Waals surface area contributed by atoms with Crippen molar-refractivity contribution in [2.75, 3.05) is 7.11 Å². The Hall–Kier alpha value is -1.94. The molecule has 1 aromatic carbocycles. The van der Waals surface area contributed by atoms with Gasteiger partial charge in [0.15, 0.2) is 6.29 Å². The summed E-state index contributed by atoms with van der Waals surface area (Å²) < 4.78 is 4.87. The van der Waals surface area contributed by atoms with E-state index >= 15 is 0 Å². The minimum absolute atomic E-state index is 0.281. The van der Waals surface area contributed by atoms with Crippen molar-refractivity contribution in [3.8, 4) is 17.1 Å². The Morgan fingerprint density at radius 3 is 2.59 bits per heavy atom. The minimum Gasteiger partial charge on any atom is -0.467 e. The summed E-state index contributed by atoms with van der Waals surface area (Å²) in [5.41, 5.74) is 1.97. The fourth-order valence-electron chi connectivity index (χ4n) is 1.44. The van der Waals surface area contributed by atoms with Crippen molar-refractivity contribution < 1.29 is 9.53 Å². The van der Waals surface area contributed by atoms with Crippen molar-refractivity contribution >= 4 is 17.9 Å². The molecule has 0 atom stereocenters. The van der Waals surface area contributed by atoms with E-state index in [4.69, 9.17) is 16.3 Å². The number of ether oxygens (including phenoxy) is 1. The first-order chi connectivity index (χ1) is 8.24. The summed E-state index contributed by atoms with van der Waals surface area (Å²) in [6, 6.07) is 5.31. The normalized spacial score (nSPS) is 10.0. The molecular formula is C12H9ClN2O2. The first kappa shape index (κ1) is 11.5. The molecule has 1 heterocycles. The number of methoxy groups -OCH3 is 1. The van der Waals surface area contributed by atoms with E-state index in [1.54, 1.807) is 30.6 Å². The molecule has 2 rings (SSSR count). The average molecular weight is 249 g/mol.